The Balaban J connectivity index is 4.03. The molecule has 1 unspecified atom stereocenters. The third-order valence-electron chi connectivity index (χ3n) is 1.59. The summed E-state index contributed by atoms with van der Waals surface area (Å²) in [5.41, 5.74) is 5.31. The highest BCUT2D eigenvalue weighted by atomic mass is 32.7. The summed E-state index contributed by atoms with van der Waals surface area (Å²) < 4.78 is 26.8. The maximum atomic E-state index is 12.1. The molecule has 0 radical (unpaired) electrons. The molecule has 0 spiro atoms. The minimum absolute atomic E-state index is 0.124. The number of ether oxygens (including phenoxy) is 1. The Bertz CT molecular complexity index is 388. The van der Waals surface area contributed by atoms with E-state index >= 15 is 0 Å². The minimum atomic E-state index is -3.29. The van der Waals surface area contributed by atoms with Gasteiger partial charge < -0.3 is 20.1 Å². The van der Waals surface area contributed by atoms with E-state index in [1.807, 2.05) is 0 Å². The molecule has 10 heteroatoms. The minimum Gasteiger partial charge on any atom is -0.478 e. The standard InChI is InChI=1S/C10H18NO7PS/c1-2-17-19(15,20-8-5-11)18-7-6-16-10(14)4-3-9(12)13/h3-4H,2,5-8,11H2,1H3,(H,12,13)/b4-3+. The van der Waals surface area contributed by atoms with E-state index in [0.717, 1.165) is 17.5 Å². The highest BCUT2D eigenvalue weighted by Gasteiger charge is 2.24. The summed E-state index contributed by atoms with van der Waals surface area (Å²) in [5.74, 6) is -1.66. The number of hydrogen-bond donors (Lipinski definition) is 2. The number of aliphatic carboxylic acids is 1. The van der Waals surface area contributed by atoms with Gasteiger partial charge in [-0.1, -0.05) is 0 Å². The van der Waals surface area contributed by atoms with Gasteiger partial charge in [0.2, 0.25) is 0 Å². The quantitative estimate of drug-likeness (QED) is 0.247. The first-order chi connectivity index (χ1) is 9.43. The van der Waals surface area contributed by atoms with Gasteiger partial charge in [0.1, 0.15) is 6.61 Å². The zero-order valence-electron chi connectivity index (χ0n) is 11.0. The average Bonchev–Trinajstić information content (AvgIpc) is 2.39. The Morgan fingerprint density at radius 1 is 1.30 bits per heavy atom. The maximum absolute atomic E-state index is 12.1. The van der Waals surface area contributed by atoms with E-state index in [-0.39, 0.29) is 19.8 Å². The van der Waals surface area contributed by atoms with Crippen LogP contribution in [0.1, 0.15) is 6.92 Å². The molecule has 0 bridgehead atoms. The molecular formula is C10H18NO7PS. The van der Waals surface area contributed by atoms with Crippen LogP contribution < -0.4 is 5.73 Å². The van der Waals surface area contributed by atoms with E-state index < -0.39 is 18.7 Å². The predicted octanol–water partition coefficient (Wildman–Crippen LogP) is 1.02. The van der Waals surface area contributed by atoms with Crippen molar-refractivity contribution >= 4 is 30.1 Å². The van der Waals surface area contributed by atoms with Crippen molar-refractivity contribution in [2.45, 2.75) is 6.92 Å². The summed E-state index contributed by atoms with van der Waals surface area (Å²) in [4.78, 5) is 21.2. The van der Waals surface area contributed by atoms with Crippen molar-refractivity contribution in [3.63, 3.8) is 0 Å². The molecule has 0 aliphatic heterocycles. The van der Waals surface area contributed by atoms with Crippen molar-refractivity contribution in [2.24, 2.45) is 5.73 Å². The third kappa shape index (κ3) is 9.99. The van der Waals surface area contributed by atoms with Gasteiger partial charge in [-0.05, 0) is 18.3 Å². The highest BCUT2D eigenvalue weighted by Crippen LogP contribution is 2.60. The van der Waals surface area contributed by atoms with E-state index in [2.05, 4.69) is 4.74 Å². The molecule has 0 fully saturated rings. The lowest BCUT2D eigenvalue weighted by atomic mass is 10.5. The van der Waals surface area contributed by atoms with Crippen LogP contribution >= 0.6 is 18.2 Å². The summed E-state index contributed by atoms with van der Waals surface area (Å²) in [6.45, 7) is -1.35. The second kappa shape index (κ2) is 10.9. The van der Waals surface area contributed by atoms with E-state index in [4.69, 9.17) is 19.9 Å². The van der Waals surface area contributed by atoms with E-state index in [0.29, 0.717) is 18.4 Å². The lowest BCUT2D eigenvalue weighted by Gasteiger charge is -2.16. The maximum Gasteiger partial charge on any atom is 0.389 e. The van der Waals surface area contributed by atoms with Crippen molar-refractivity contribution in [3.05, 3.63) is 12.2 Å². The van der Waals surface area contributed by atoms with Crippen molar-refractivity contribution in [1.29, 1.82) is 0 Å². The summed E-state index contributed by atoms with van der Waals surface area (Å²) in [7, 11) is 0. The molecule has 0 rings (SSSR count). The van der Waals surface area contributed by atoms with E-state index in [1.54, 1.807) is 6.92 Å². The van der Waals surface area contributed by atoms with Crippen LogP contribution in [0.15, 0.2) is 12.2 Å². The number of carboxylic acid groups (broad SMARTS) is 1. The number of rotatable bonds is 11. The van der Waals surface area contributed by atoms with Gasteiger partial charge in [-0.15, -0.1) is 0 Å². The van der Waals surface area contributed by atoms with E-state index in [9.17, 15) is 14.2 Å². The summed E-state index contributed by atoms with van der Waals surface area (Å²) in [5, 5.41) is 8.30. The number of carbonyl (C=O) groups excluding carboxylic acids is 1. The first-order valence-corrected chi connectivity index (χ1v) is 8.88. The molecule has 1 atom stereocenters. The average molecular weight is 327 g/mol. The van der Waals surface area contributed by atoms with Crippen LogP contribution in [-0.2, 0) is 27.9 Å². The SMILES string of the molecule is CCOP(=O)(OCCOC(=O)/C=C/C(=O)O)SCCN. The fourth-order valence-electron chi connectivity index (χ4n) is 0.913. The molecule has 116 valence electrons. The van der Waals surface area contributed by atoms with Crippen LogP contribution in [0.3, 0.4) is 0 Å². The van der Waals surface area contributed by atoms with Gasteiger partial charge in [0.15, 0.2) is 0 Å². The van der Waals surface area contributed by atoms with Gasteiger partial charge >= 0.3 is 18.7 Å². The molecule has 8 nitrogen and oxygen atoms in total. The van der Waals surface area contributed by atoms with Crippen LogP contribution in [0.2, 0.25) is 0 Å². The molecule has 0 aromatic heterocycles. The molecule has 3 N–H and O–H groups in total. The monoisotopic (exact) mass is 327 g/mol. The van der Waals surface area contributed by atoms with Crippen LogP contribution in [0, 0.1) is 0 Å². The molecule has 0 saturated heterocycles. The molecular weight excluding hydrogens is 309 g/mol. The molecule has 0 heterocycles. The molecule has 0 aliphatic carbocycles. The van der Waals surface area contributed by atoms with Crippen molar-refractivity contribution in [2.75, 3.05) is 32.1 Å². The molecule has 0 aromatic rings. The van der Waals surface area contributed by atoms with Gasteiger partial charge in [0.25, 0.3) is 0 Å². The molecule has 0 aliphatic rings. The lowest BCUT2D eigenvalue weighted by Crippen LogP contribution is -2.09. The van der Waals surface area contributed by atoms with Gasteiger partial charge in [0, 0.05) is 24.4 Å². The number of nitrogens with two attached hydrogens (primary N) is 1. The molecule has 0 aromatic carbocycles. The normalized spacial score (nSPS) is 14.1. The number of carboxylic acids is 1. The predicted molar refractivity (Wildman–Crippen MR) is 74.4 cm³/mol. The summed E-state index contributed by atoms with van der Waals surface area (Å²) in [6.07, 6.45) is 1.43. The van der Waals surface area contributed by atoms with Crippen LogP contribution in [0.4, 0.5) is 0 Å². The zero-order valence-corrected chi connectivity index (χ0v) is 12.7. The van der Waals surface area contributed by atoms with Crippen molar-refractivity contribution < 1.29 is 33.0 Å². The Morgan fingerprint density at radius 2 is 2.00 bits per heavy atom. The second-order valence-corrected chi connectivity index (χ2v) is 7.35. The van der Waals surface area contributed by atoms with Crippen LogP contribution in [-0.4, -0.2) is 49.2 Å². The molecule has 0 amide bonds. The van der Waals surface area contributed by atoms with E-state index in [1.165, 1.54) is 0 Å². The Hall–Kier alpha value is -0.860. The first-order valence-electron chi connectivity index (χ1n) is 5.75. The number of carbonyl (C=O) groups is 2. The van der Waals surface area contributed by atoms with Gasteiger partial charge in [-0.25, -0.2) is 14.2 Å². The van der Waals surface area contributed by atoms with Crippen LogP contribution in [0.5, 0.6) is 0 Å². The fraction of sp³-hybridized carbons (Fsp3) is 0.600. The van der Waals surface area contributed by atoms with Crippen molar-refractivity contribution in [3.8, 4) is 0 Å². The first kappa shape index (κ1) is 19.1. The lowest BCUT2D eigenvalue weighted by molar-refractivity contribution is -0.139. The molecule has 0 saturated carbocycles. The third-order valence-corrected chi connectivity index (χ3v) is 5.53. The largest absolute Gasteiger partial charge is 0.478 e. The van der Waals surface area contributed by atoms with Gasteiger partial charge in [-0.2, -0.15) is 0 Å². The van der Waals surface area contributed by atoms with Crippen LogP contribution in [0.25, 0.3) is 0 Å². The second-order valence-electron chi connectivity index (χ2n) is 3.16. The van der Waals surface area contributed by atoms with Gasteiger partial charge in [-0.3, -0.25) is 4.52 Å². The highest BCUT2D eigenvalue weighted by molar-refractivity contribution is 8.55. The summed E-state index contributed by atoms with van der Waals surface area (Å²) in [6, 6.07) is 0. The Kier molecular flexibility index (Phi) is 10.4. The van der Waals surface area contributed by atoms with Crippen molar-refractivity contribution in [1.82, 2.24) is 0 Å². The topological polar surface area (TPSA) is 125 Å². The zero-order chi connectivity index (χ0) is 15.4. The Morgan fingerprint density at radius 3 is 2.55 bits per heavy atom. The Labute approximate surface area is 120 Å². The summed E-state index contributed by atoms with van der Waals surface area (Å²) >= 11 is 0.975. The number of hydrogen-bond acceptors (Lipinski definition) is 8. The van der Waals surface area contributed by atoms with Gasteiger partial charge in [0.05, 0.1) is 13.2 Å². The smallest absolute Gasteiger partial charge is 0.389 e. The fourth-order valence-corrected chi connectivity index (χ4v) is 4.05. The number of esters is 1. The molecule has 20 heavy (non-hydrogen) atoms.